The highest BCUT2D eigenvalue weighted by Gasteiger charge is 2.25. The van der Waals surface area contributed by atoms with Gasteiger partial charge in [0.1, 0.15) is 16.7 Å². The molecule has 0 radical (unpaired) electrons. The Balaban J connectivity index is 1.62. The molecule has 0 aromatic carbocycles. The summed E-state index contributed by atoms with van der Waals surface area (Å²) in [5.74, 6) is 0.892. The minimum Gasteiger partial charge on any atom is -0.373 e. The van der Waals surface area contributed by atoms with Crippen LogP contribution in [0.2, 0.25) is 0 Å². The molecule has 3 aromatic heterocycles. The van der Waals surface area contributed by atoms with E-state index in [2.05, 4.69) is 41.0 Å². The molecule has 8 nitrogen and oxygen atoms in total. The smallest absolute Gasteiger partial charge is 0.164 e. The lowest BCUT2D eigenvalue weighted by Crippen LogP contribution is -2.44. The van der Waals surface area contributed by atoms with Crippen LogP contribution in [0.3, 0.4) is 0 Å². The van der Waals surface area contributed by atoms with Gasteiger partial charge in [-0.2, -0.15) is 10.2 Å². The Kier molecular flexibility index (Phi) is 3.74. The average molecular weight is 378 g/mol. The largest absolute Gasteiger partial charge is 0.373 e. The quantitative estimate of drug-likeness (QED) is 0.683. The van der Waals surface area contributed by atoms with E-state index in [0.29, 0.717) is 6.61 Å². The van der Waals surface area contributed by atoms with Gasteiger partial charge in [0, 0.05) is 32.5 Å². The molecule has 0 spiro atoms. The highest BCUT2D eigenvalue weighted by Crippen LogP contribution is 2.30. The first-order valence-electron chi connectivity index (χ1n) is 7.39. The van der Waals surface area contributed by atoms with E-state index < -0.39 is 0 Å². The molecule has 1 saturated heterocycles. The molecule has 4 rings (SSSR count). The van der Waals surface area contributed by atoms with Crippen molar-refractivity contribution in [3.05, 3.63) is 29.4 Å². The fourth-order valence-corrected chi connectivity index (χ4v) is 3.50. The van der Waals surface area contributed by atoms with Gasteiger partial charge in [0.25, 0.3) is 0 Å². The van der Waals surface area contributed by atoms with Gasteiger partial charge in [-0.3, -0.25) is 4.68 Å². The minimum absolute atomic E-state index is 0.0733. The zero-order valence-electron chi connectivity index (χ0n) is 12.6. The second-order valence-corrected chi connectivity index (χ2v) is 6.23. The molecule has 1 unspecified atom stereocenters. The monoisotopic (exact) mass is 377 g/mol. The molecule has 1 atom stereocenters. The van der Waals surface area contributed by atoms with Crippen LogP contribution < -0.4 is 4.90 Å². The molecule has 120 valence electrons. The zero-order valence-corrected chi connectivity index (χ0v) is 14.2. The van der Waals surface area contributed by atoms with Gasteiger partial charge < -0.3 is 9.64 Å². The molecule has 0 saturated carbocycles. The van der Waals surface area contributed by atoms with Crippen LogP contribution in [-0.2, 0) is 18.3 Å². The third-order valence-electron chi connectivity index (χ3n) is 3.95. The minimum atomic E-state index is 0.0733. The van der Waals surface area contributed by atoms with Crippen molar-refractivity contribution in [2.45, 2.75) is 12.6 Å². The molecule has 4 heterocycles. The molecular weight excluding hydrogens is 362 g/mol. The molecule has 9 heteroatoms. The standard InChI is InChI=1S/C14H16BrN7O/c1-20-13-11(12(15)19-20)14(17-9-16-13)21-5-6-23-10(7-21)8-22-4-2-3-18-22/h2-4,9-10H,5-8H2,1H3. The van der Waals surface area contributed by atoms with Crippen molar-refractivity contribution >= 4 is 32.8 Å². The first kappa shape index (κ1) is 14.6. The first-order chi connectivity index (χ1) is 11.2. The number of aromatic nitrogens is 6. The molecule has 3 aromatic rings. The maximum Gasteiger partial charge on any atom is 0.164 e. The molecule has 1 aliphatic rings. The van der Waals surface area contributed by atoms with Crippen LogP contribution in [0.15, 0.2) is 29.4 Å². The summed E-state index contributed by atoms with van der Waals surface area (Å²) in [7, 11) is 1.88. The van der Waals surface area contributed by atoms with Crippen molar-refractivity contribution in [2.24, 2.45) is 7.05 Å². The molecule has 23 heavy (non-hydrogen) atoms. The summed E-state index contributed by atoms with van der Waals surface area (Å²) >= 11 is 3.51. The highest BCUT2D eigenvalue weighted by atomic mass is 79.9. The zero-order chi connectivity index (χ0) is 15.8. The Bertz CT molecular complexity index is 816. The van der Waals surface area contributed by atoms with Crippen LogP contribution in [0.1, 0.15) is 0 Å². The van der Waals surface area contributed by atoms with E-state index in [1.54, 1.807) is 17.2 Å². The summed E-state index contributed by atoms with van der Waals surface area (Å²) < 4.78 is 10.3. The number of hydrogen-bond acceptors (Lipinski definition) is 6. The fourth-order valence-electron chi connectivity index (χ4n) is 2.91. The second-order valence-electron chi connectivity index (χ2n) is 5.48. The van der Waals surface area contributed by atoms with Gasteiger partial charge in [-0.1, -0.05) is 0 Å². The van der Waals surface area contributed by atoms with Crippen LogP contribution in [-0.4, -0.2) is 55.3 Å². The summed E-state index contributed by atoms with van der Waals surface area (Å²) in [4.78, 5) is 11.0. The summed E-state index contributed by atoms with van der Waals surface area (Å²) in [5, 5.41) is 9.57. The van der Waals surface area contributed by atoms with Crippen molar-refractivity contribution in [3.8, 4) is 0 Å². The van der Waals surface area contributed by atoms with E-state index in [1.807, 2.05) is 24.0 Å². The number of ether oxygens (including phenoxy) is 1. The number of fused-ring (bicyclic) bond motifs is 1. The van der Waals surface area contributed by atoms with Crippen LogP contribution in [0.25, 0.3) is 11.0 Å². The second kappa shape index (κ2) is 5.89. The molecule has 0 aliphatic carbocycles. The molecule has 0 amide bonds. The Morgan fingerprint density at radius 3 is 3.13 bits per heavy atom. The Morgan fingerprint density at radius 2 is 2.30 bits per heavy atom. The Labute approximate surface area is 141 Å². The summed E-state index contributed by atoms with van der Waals surface area (Å²) in [6, 6.07) is 1.92. The van der Waals surface area contributed by atoms with Crippen LogP contribution in [0.5, 0.6) is 0 Å². The predicted molar refractivity (Wildman–Crippen MR) is 88.2 cm³/mol. The van der Waals surface area contributed by atoms with Gasteiger partial charge in [0.2, 0.25) is 0 Å². The number of nitrogens with zero attached hydrogens (tertiary/aromatic N) is 7. The maximum atomic E-state index is 5.87. The number of anilines is 1. The molecule has 0 bridgehead atoms. The van der Waals surface area contributed by atoms with Gasteiger partial charge in [0.05, 0.1) is 24.6 Å². The van der Waals surface area contributed by atoms with E-state index in [-0.39, 0.29) is 6.10 Å². The van der Waals surface area contributed by atoms with E-state index in [1.165, 1.54) is 0 Å². The number of aryl methyl sites for hydroxylation is 1. The third-order valence-corrected chi connectivity index (χ3v) is 4.50. The summed E-state index contributed by atoms with van der Waals surface area (Å²) in [5.41, 5.74) is 0.817. The molecule has 1 fully saturated rings. The highest BCUT2D eigenvalue weighted by molar-refractivity contribution is 9.10. The molecular formula is C14H16BrN7O. The van der Waals surface area contributed by atoms with E-state index >= 15 is 0 Å². The maximum absolute atomic E-state index is 5.87. The van der Waals surface area contributed by atoms with E-state index in [4.69, 9.17) is 4.74 Å². The van der Waals surface area contributed by atoms with Crippen molar-refractivity contribution in [3.63, 3.8) is 0 Å². The van der Waals surface area contributed by atoms with Crippen molar-refractivity contribution in [1.82, 2.24) is 29.5 Å². The van der Waals surface area contributed by atoms with Gasteiger partial charge >= 0.3 is 0 Å². The number of morpholine rings is 1. The third kappa shape index (κ3) is 2.70. The van der Waals surface area contributed by atoms with Crippen molar-refractivity contribution < 1.29 is 4.74 Å². The Morgan fingerprint density at radius 1 is 1.39 bits per heavy atom. The first-order valence-corrected chi connectivity index (χ1v) is 8.19. The number of hydrogen-bond donors (Lipinski definition) is 0. The van der Waals surface area contributed by atoms with E-state index in [9.17, 15) is 0 Å². The fraction of sp³-hybridized carbons (Fsp3) is 0.429. The molecule has 0 N–H and O–H groups in total. The lowest BCUT2D eigenvalue weighted by atomic mass is 10.2. The van der Waals surface area contributed by atoms with Crippen LogP contribution in [0, 0.1) is 0 Å². The average Bonchev–Trinajstić information content (AvgIpc) is 3.16. The molecule has 1 aliphatic heterocycles. The lowest BCUT2D eigenvalue weighted by Gasteiger charge is -2.33. The lowest BCUT2D eigenvalue weighted by molar-refractivity contribution is 0.0273. The summed E-state index contributed by atoms with van der Waals surface area (Å²) in [6.07, 6.45) is 5.39. The predicted octanol–water partition coefficient (Wildman–Crippen LogP) is 1.23. The van der Waals surface area contributed by atoms with Gasteiger partial charge in [0.15, 0.2) is 5.65 Å². The van der Waals surface area contributed by atoms with Gasteiger partial charge in [-0.05, 0) is 22.0 Å². The summed E-state index contributed by atoms with van der Waals surface area (Å²) in [6.45, 7) is 2.94. The van der Waals surface area contributed by atoms with E-state index in [0.717, 1.165) is 41.1 Å². The van der Waals surface area contributed by atoms with Crippen molar-refractivity contribution in [2.75, 3.05) is 24.6 Å². The van der Waals surface area contributed by atoms with Crippen LogP contribution >= 0.6 is 15.9 Å². The number of halogens is 1. The normalized spacial score (nSPS) is 18.7. The van der Waals surface area contributed by atoms with Gasteiger partial charge in [-0.25, -0.2) is 14.6 Å². The van der Waals surface area contributed by atoms with Gasteiger partial charge in [-0.15, -0.1) is 0 Å². The Hall–Kier alpha value is -2.00. The number of rotatable bonds is 3. The SMILES string of the molecule is Cn1nc(Br)c2c(N3CCOC(Cn4cccn4)C3)ncnc21. The van der Waals surface area contributed by atoms with Crippen LogP contribution in [0.4, 0.5) is 5.82 Å². The van der Waals surface area contributed by atoms with Crippen molar-refractivity contribution in [1.29, 1.82) is 0 Å². The topological polar surface area (TPSA) is 73.9 Å².